The number of nitrogen functional groups attached to an aromatic ring is 1. The predicted molar refractivity (Wildman–Crippen MR) is 232 cm³/mol. The van der Waals surface area contributed by atoms with Crippen LogP contribution < -0.4 is 10.5 Å². The smallest absolute Gasteiger partial charge is 0.119 e. The Bertz CT molecular complexity index is 918. The number of rotatable bonds is 51. The van der Waals surface area contributed by atoms with Gasteiger partial charge >= 0.3 is 0 Å². The van der Waals surface area contributed by atoms with Crippen LogP contribution in [0.2, 0.25) is 0 Å². The van der Waals surface area contributed by atoms with Gasteiger partial charge in [0, 0.05) is 12.3 Å². The van der Waals surface area contributed by atoms with E-state index in [4.69, 9.17) is 67.3 Å². The third kappa shape index (κ3) is 45.7. The first-order valence-electron chi connectivity index (χ1n) is 22.7. The van der Waals surface area contributed by atoms with Crippen LogP contribution >= 0.6 is 0 Å². The van der Waals surface area contributed by atoms with Crippen molar-refractivity contribution in [2.75, 3.05) is 171 Å². The Balaban J connectivity index is 1.60. The van der Waals surface area contributed by atoms with Crippen LogP contribution in [0.4, 0.5) is 5.69 Å². The summed E-state index contributed by atoms with van der Waals surface area (Å²) < 4.78 is 72.0. The normalized spacial score (nSPS) is 11.5. The fourth-order valence-electron chi connectivity index (χ4n) is 5.53. The van der Waals surface area contributed by atoms with Crippen LogP contribution in [0.15, 0.2) is 24.3 Å². The minimum Gasteiger partial charge on any atom is -0.491 e. The van der Waals surface area contributed by atoms with E-state index in [1.165, 1.54) is 77.0 Å². The fourth-order valence-corrected chi connectivity index (χ4v) is 5.53. The molecule has 1 aromatic rings. The molecule has 348 valence electrons. The Hall–Kier alpha value is -1.66. The van der Waals surface area contributed by atoms with Gasteiger partial charge in [-0.3, -0.25) is 0 Å². The lowest BCUT2D eigenvalue weighted by molar-refractivity contribution is -0.0285. The molecule has 0 saturated heterocycles. The number of ether oxygens (including phenoxy) is 13. The number of hydrogen-bond donors (Lipinski definition) is 1. The summed E-state index contributed by atoms with van der Waals surface area (Å²) in [6.45, 7) is 15.7. The van der Waals surface area contributed by atoms with Crippen LogP contribution in [0.3, 0.4) is 0 Å². The van der Waals surface area contributed by atoms with Crippen LogP contribution in [0.1, 0.15) is 90.4 Å². The maximum atomic E-state index is 5.68. The van der Waals surface area contributed by atoms with Crippen molar-refractivity contribution in [3.8, 4) is 5.75 Å². The molecule has 0 aliphatic carbocycles. The van der Waals surface area contributed by atoms with Crippen LogP contribution in [0.5, 0.6) is 5.75 Å². The van der Waals surface area contributed by atoms with Crippen LogP contribution in [-0.2, 0) is 56.8 Å². The van der Waals surface area contributed by atoms with Crippen LogP contribution in [-0.4, -0.2) is 165 Å². The van der Waals surface area contributed by atoms with E-state index < -0.39 is 0 Å². The maximum Gasteiger partial charge on any atom is 0.119 e. The van der Waals surface area contributed by atoms with Gasteiger partial charge in [-0.15, -0.1) is 0 Å². The zero-order chi connectivity index (χ0) is 42.0. The Kier molecular flexibility index (Phi) is 46.0. The van der Waals surface area contributed by atoms with Crippen LogP contribution in [0, 0.1) is 0 Å². The van der Waals surface area contributed by atoms with E-state index in [1.54, 1.807) is 12.1 Å². The van der Waals surface area contributed by atoms with E-state index in [0.29, 0.717) is 164 Å². The van der Waals surface area contributed by atoms with Crippen molar-refractivity contribution in [3.05, 3.63) is 24.3 Å². The van der Waals surface area contributed by atoms with Gasteiger partial charge in [0.1, 0.15) is 12.4 Å². The van der Waals surface area contributed by atoms with Crippen molar-refractivity contribution < 1.29 is 61.6 Å². The highest BCUT2D eigenvalue weighted by molar-refractivity contribution is 5.41. The number of hydrogen-bond acceptors (Lipinski definition) is 14. The number of benzene rings is 1. The largest absolute Gasteiger partial charge is 0.491 e. The summed E-state index contributed by atoms with van der Waals surface area (Å²) in [4.78, 5) is 0. The van der Waals surface area contributed by atoms with Crippen molar-refractivity contribution >= 4 is 5.69 Å². The first-order chi connectivity index (χ1) is 29.3. The van der Waals surface area contributed by atoms with Gasteiger partial charge in [-0.1, -0.05) is 84.0 Å². The molecule has 0 fully saturated rings. The standard InChI is InChI=1S/C45H85NO13/c1-2-3-4-5-6-7-8-9-10-11-12-13-14-19-47-20-21-48-22-23-49-24-25-50-26-27-51-28-29-52-30-31-53-32-33-54-34-35-55-36-37-56-38-39-57-40-41-58-42-43-59-45-17-15-44(46)16-18-45/h15-18H,2-14,19-43,46H2,1H3. The first kappa shape index (κ1) is 55.4. The molecule has 0 radical (unpaired) electrons. The van der Waals surface area contributed by atoms with Crippen LogP contribution in [0.25, 0.3) is 0 Å². The van der Waals surface area contributed by atoms with Gasteiger partial charge in [0.25, 0.3) is 0 Å². The van der Waals surface area contributed by atoms with E-state index in [1.807, 2.05) is 12.1 Å². The van der Waals surface area contributed by atoms with E-state index in [9.17, 15) is 0 Å². The van der Waals surface area contributed by atoms with Gasteiger partial charge in [0.2, 0.25) is 0 Å². The molecule has 0 bridgehead atoms. The Morgan fingerprint density at radius 1 is 0.271 bits per heavy atom. The highest BCUT2D eigenvalue weighted by atomic mass is 16.6. The average Bonchev–Trinajstić information content (AvgIpc) is 3.25. The van der Waals surface area contributed by atoms with E-state index in [2.05, 4.69) is 6.92 Å². The molecule has 0 unspecified atom stereocenters. The zero-order valence-electron chi connectivity index (χ0n) is 37.1. The molecular formula is C45H85NO13. The molecule has 0 amide bonds. The molecule has 14 heteroatoms. The quantitative estimate of drug-likeness (QED) is 0.0534. The van der Waals surface area contributed by atoms with Gasteiger partial charge in [-0.25, -0.2) is 0 Å². The lowest BCUT2D eigenvalue weighted by Gasteiger charge is -2.09. The van der Waals surface area contributed by atoms with Crippen molar-refractivity contribution in [2.45, 2.75) is 90.4 Å². The monoisotopic (exact) mass is 848 g/mol. The minimum atomic E-state index is 0.475. The first-order valence-corrected chi connectivity index (χ1v) is 22.7. The van der Waals surface area contributed by atoms with Gasteiger partial charge in [0.15, 0.2) is 0 Å². The summed E-state index contributed by atoms with van der Waals surface area (Å²) >= 11 is 0. The van der Waals surface area contributed by atoms with Gasteiger partial charge < -0.3 is 67.3 Å². The highest BCUT2D eigenvalue weighted by Gasteiger charge is 1.99. The number of anilines is 1. The number of unbranched alkanes of at least 4 members (excludes halogenated alkanes) is 12. The minimum absolute atomic E-state index is 0.475. The second-order valence-corrected chi connectivity index (χ2v) is 14.0. The van der Waals surface area contributed by atoms with Crippen molar-refractivity contribution in [2.24, 2.45) is 0 Å². The molecule has 2 N–H and O–H groups in total. The van der Waals surface area contributed by atoms with Gasteiger partial charge in [0.05, 0.1) is 152 Å². The zero-order valence-corrected chi connectivity index (χ0v) is 37.1. The van der Waals surface area contributed by atoms with Gasteiger partial charge in [-0.05, 0) is 30.7 Å². The summed E-state index contributed by atoms with van der Waals surface area (Å²) in [6, 6.07) is 7.28. The molecule has 0 aliphatic heterocycles. The Labute approximate surface area is 357 Å². The summed E-state index contributed by atoms with van der Waals surface area (Å²) in [5.41, 5.74) is 6.36. The van der Waals surface area contributed by atoms with Gasteiger partial charge in [-0.2, -0.15) is 0 Å². The van der Waals surface area contributed by atoms with Crippen molar-refractivity contribution in [1.29, 1.82) is 0 Å². The molecule has 0 atom stereocenters. The van der Waals surface area contributed by atoms with Crippen molar-refractivity contribution in [3.63, 3.8) is 0 Å². The van der Waals surface area contributed by atoms with E-state index in [-0.39, 0.29) is 0 Å². The summed E-state index contributed by atoms with van der Waals surface area (Å²) in [7, 11) is 0. The lowest BCUT2D eigenvalue weighted by atomic mass is 10.0. The van der Waals surface area contributed by atoms with E-state index in [0.717, 1.165) is 18.8 Å². The fraction of sp³-hybridized carbons (Fsp3) is 0.867. The SMILES string of the molecule is CCCCCCCCCCCCCCCOCCOCCOCCOCCOCCOCCOCCOCCOCCOCCOCCOCCOc1ccc(N)cc1. The summed E-state index contributed by atoms with van der Waals surface area (Å²) in [6.07, 6.45) is 17.8. The molecular weight excluding hydrogens is 762 g/mol. The molecule has 1 aromatic carbocycles. The third-order valence-electron chi connectivity index (χ3n) is 8.86. The molecule has 59 heavy (non-hydrogen) atoms. The van der Waals surface area contributed by atoms with E-state index >= 15 is 0 Å². The average molecular weight is 848 g/mol. The third-order valence-corrected chi connectivity index (χ3v) is 8.86. The molecule has 0 aromatic heterocycles. The second-order valence-electron chi connectivity index (χ2n) is 14.0. The topological polar surface area (TPSA) is 146 Å². The molecule has 0 saturated carbocycles. The molecule has 0 heterocycles. The Morgan fingerprint density at radius 2 is 0.492 bits per heavy atom. The molecule has 14 nitrogen and oxygen atoms in total. The second kappa shape index (κ2) is 49.0. The molecule has 0 aliphatic rings. The van der Waals surface area contributed by atoms with Crippen molar-refractivity contribution in [1.82, 2.24) is 0 Å². The number of nitrogens with two attached hydrogens (primary N) is 1. The molecule has 1 rings (SSSR count). The lowest BCUT2D eigenvalue weighted by Crippen LogP contribution is -2.15. The molecule has 0 spiro atoms. The Morgan fingerprint density at radius 3 is 0.763 bits per heavy atom. The predicted octanol–water partition coefficient (Wildman–Crippen LogP) is 6.94. The summed E-state index contributed by atoms with van der Waals surface area (Å²) in [5, 5.41) is 0. The highest BCUT2D eigenvalue weighted by Crippen LogP contribution is 2.13. The summed E-state index contributed by atoms with van der Waals surface area (Å²) in [5.74, 6) is 0.773. The maximum absolute atomic E-state index is 5.68.